The van der Waals surface area contributed by atoms with Crippen molar-refractivity contribution < 1.29 is 19.8 Å². The Labute approximate surface area is 89.3 Å². The highest BCUT2D eigenvalue weighted by atomic mass is 16.4. The molecule has 0 amide bonds. The molecule has 2 N–H and O–H groups in total. The fourth-order valence-corrected chi connectivity index (χ4v) is 2.55. The lowest BCUT2D eigenvalue weighted by atomic mass is 9.62. The van der Waals surface area contributed by atoms with Gasteiger partial charge in [0.25, 0.3) is 0 Å². The first-order valence-corrected chi connectivity index (χ1v) is 5.20. The number of carbonyl (C=O) groups is 2. The smallest absolute Gasteiger partial charge is 0.306 e. The predicted molar refractivity (Wildman–Crippen MR) is 54.4 cm³/mol. The summed E-state index contributed by atoms with van der Waals surface area (Å²) in [4.78, 5) is 22.1. The fourth-order valence-electron chi connectivity index (χ4n) is 2.55. The Bertz CT molecular complexity index is 256. The van der Waals surface area contributed by atoms with Crippen molar-refractivity contribution in [2.24, 2.45) is 23.2 Å². The van der Waals surface area contributed by atoms with Gasteiger partial charge in [-0.05, 0) is 24.2 Å². The molecule has 0 radical (unpaired) electrons. The van der Waals surface area contributed by atoms with Crippen LogP contribution < -0.4 is 0 Å². The first-order valence-electron chi connectivity index (χ1n) is 5.20. The van der Waals surface area contributed by atoms with Gasteiger partial charge in [0.15, 0.2) is 0 Å². The van der Waals surface area contributed by atoms with Gasteiger partial charge in [0.05, 0.1) is 11.8 Å². The van der Waals surface area contributed by atoms with Crippen molar-refractivity contribution in [2.45, 2.75) is 33.6 Å². The lowest BCUT2D eigenvalue weighted by Crippen LogP contribution is -2.42. The fraction of sp³-hybridized carbons (Fsp3) is 0.818. The van der Waals surface area contributed by atoms with E-state index in [0.29, 0.717) is 12.8 Å². The molecule has 1 fully saturated rings. The quantitative estimate of drug-likeness (QED) is 0.735. The van der Waals surface area contributed by atoms with Crippen molar-refractivity contribution in [1.82, 2.24) is 0 Å². The van der Waals surface area contributed by atoms with Gasteiger partial charge in [-0.3, -0.25) is 9.59 Å². The maximum atomic E-state index is 11.0. The summed E-state index contributed by atoms with van der Waals surface area (Å²) in [6.45, 7) is 5.60. The second-order valence-electron chi connectivity index (χ2n) is 5.32. The monoisotopic (exact) mass is 214 g/mol. The standard InChI is InChI=1S/C11H18O4/c1-6-7(9(12)13)4-11(2,3)5-8(6)10(14)15/h6-8H,4-5H2,1-3H3,(H,12,13)(H,14,15). The van der Waals surface area contributed by atoms with E-state index < -0.39 is 23.8 Å². The molecule has 0 aromatic rings. The third kappa shape index (κ3) is 2.49. The lowest BCUT2D eigenvalue weighted by Gasteiger charge is -2.41. The molecule has 0 aromatic heterocycles. The number of hydrogen-bond acceptors (Lipinski definition) is 2. The number of rotatable bonds is 2. The van der Waals surface area contributed by atoms with Gasteiger partial charge in [-0.2, -0.15) is 0 Å². The molecule has 0 heterocycles. The van der Waals surface area contributed by atoms with Crippen LogP contribution >= 0.6 is 0 Å². The van der Waals surface area contributed by atoms with Gasteiger partial charge in [-0.1, -0.05) is 20.8 Å². The SMILES string of the molecule is CC1C(C(=O)O)CC(C)(C)CC1C(=O)O. The summed E-state index contributed by atoms with van der Waals surface area (Å²) in [6, 6.07) is 0. The minimum Gasteiger partial charge on any atom is -0.481 e. The van der Waals surface area contributed by atoms with Crippen molar-refractivity contribution in [1.29, 1.82) is 0 Å². The number of carboxylic acid groups (broad SMARTS) is 2. The van der Waals surface area contributed by atoms with Crippen LogP contribution in [0.15, 0.2) is 0 Å². The number of aliphatic carboxylic acids is 2. The van der Waals surface area contributed by atoms with Crippen LogP contribution in [-0.2, 0) is 9.59 Å². The Morgan fingerprint density at radius 2 is 1.40 bits per heavy atom. The average Bonchev–Trinajstić information content (AvgIpc) is 2.07. The molecule has 0 aliphatic heterocycles. The van der Waals surface area contributed by atoms with E-state index in [2.05, 4.69) is 0 Å². The molecule has 1 rings (SSSR count). The largest absolute Gasteiger partial charge is 0.481 e. The van der Waals surface area contributed by atoms with E-state index in [4.69, 9.17) is 10.2 Å². The Morgan fingerprint density at radius 3 is 1.67 bits per heavy atom. The Kier molecular flexibility index (Phi) is 3.07. The Balaban J connectivity index is 2.93. The van der Waals surface area contributed by atoms with Crippen LogP contribution in [0.3, 0.4) is 0 Å². The van der Waals surface area contributed by atoms with Crippen LogP contribution in [-0.4, -0.2) is 22.2 Å². The molecule has 2 atom stereocenters. The normalized spacial score (nSPS) is 34.7. The molecule has 0 bridgehead atoms. The van der Waals surface area contributed by atoms with Crippen LogP contribution in [0, 0.1) is 23.2 Å². The van der Waals surface area contributed by atoms with Crippen LogP contribution in [0.4, 0.5) is 0 Å². The molecule has 1 aliphatic carbocycles. The zero-order valence-electron chi connectivity index (χ0n) is 9.36. The number of carboxylic acids is 2. The summed E-state index contributed by atoms with van der Waals surface area (Å²) in [6.07, 6.45) is 1.13. The molecule has 0 aromatic carbocycles. The lowest BCUT2D eigenvalue weighted by molar-refractivity contribution is -0.155. The van der Waals surface area contributed by atoms with E-state index in [0.717, 1.165) is 0 Å². The molecule has 2 unspecified atom stereocenters. The molecular formula is C11H18O4. The highest BCUT2D eigenvalue weighted by Crippen LogP contribution is 2.45. The summed E-state index contributed by atoms with van der Waals surface area (Å²) >= 11 is 0. The predicted octanol–water partition coefficient (Wildman–Crippen LogP) is 1.84. The molecule has 0 spiro atoms. The zero-order chi connectivity index (χ0) is 11.8. The van der Waals surface area contributed by atoms with Gasteiger partial charge in [-0.15, -0.1) is 0 Å². The van der Waals surface area contributed by atoms with Crippen LogP contribution in [0.2, 0.25) is 0 Å². The summed E-state index contributed by atoms with van der Waals surface area (Å²) < 4.78 is 0. The molecule has 0 saturated heterocycles. The minimum absolute atomic E-state index is 0.196. The molecule has 4 heteroatoms. The molecule has 1 saturated carbocycles. The van der Waals surface area contributed by atoms with E-state index in [1.807, 2.05) is 13.8 Å². The zero-order valence-corrected chi connectivity index (χ0v) is 9.36. The topological polar surface area (TPSA) is 74.6 Å². The van der Waals surface area contributed by atoms with E-state index in [1.54, 1.807) is 6.92 Å². The van der Waals surface area contributed by atoms with Gasteiger partial charge in [0, 0.05) is 0 Å². The van der Waals surface area contributed by atoms with Crippen LogP contribution in [0.1, 0.15) is 33.6 Å². The molecule has 4 nitrogen and oxygen atoms in total. The van der Waals surface area contributed by atoms with E-state index in [-0.39, 0.29) is 11.3 Å². The first kappa shape index (κ1) is 12.0. The van der Waals surface area contributed by atoms with Gasteiger partial charge >= 0.3 is 11.9 Å². The van der Waals surface area contributed by atoms with Crippen molar-refractivity contribution in [3.63, 3.8) is 0 Å². The number of hydrogen-bond donors (Lipinski definition) is 2. The van der Waals surface area contributed by atoms with E-state index >= 15 is 0 Å². The minimum atomic E-state index is -0.874. The van der Waals surface area contributed by atoms with Crippen LogP contribution in [0.5, 0.6) is 0 Å². The highest BCUT2D eigenvalue weighted by Gasteiger charge is 2.45. The van der Waals surface area contributed by atoms with Gasteiger partial charge < -0.3 is 10.2 Å². The van der Waals surface area contributed by atoms with E-state index in [9.17, 15) is 9.59 Å². The maximum absolute atomic E-state index is 11.0. The van der Waals surface area contributed by atoms with Gasteiger partial charge in [0.2, 0.25) is 0 Å². The van der Waals surface area contributed by atoms with E-state index in [1.165, 1.54) is 0 Å². The second-order valence-corrected chi connectivity index (χ2v) is 5.32. The van der Waals surface area contributed by atoms with Crippen molar-refractivity contribution >= 4 is 11.9 Å². The average molecular weight is 214 g/mol. The molecule has 15 heavy (non-hydrogen) atoms. The highest BCUT2D eigenvalue weighted by molar-refractivity contribution is 5.75. The van der Waals surface area contributed by atoms with Crippen molar-refractivity contribution in [2.75, 3.05) is 0 Å². The molecule has 86 valence electrons. The van der Waals surface area contributed by atoms with Crippen molar-refractivity contribution in [3.05, 3.63) is 0 Å². The Hall–Kier alpha value is -1.06. The maximum Gasteiger partial charge on any atom is 0.306 e. The van der Waals surface area contributed by atoms with Crippen molar-refractivity contribution in [3.8, 4) is 0 Å². The summed E-state index contributed by atoms with van der Waals surface area (Å²) in [7, 11) is 0. The summed E-state index contributed by atoms with van der Waals surface area (Å²) in [5.74, 6) is -3.10. The third-order valence-corrected chi connectivity index (χ3v) is 3.45. The summed E-state index contributed by atoms with van der Waals surface area (Å²) in [5.41, 5.74) is -0.196. The summed E-state index contributed by atoms with van der Waals surface area (Å²) in [5, 5.41) is 18.1. The molecule has 1 aliphatic rings. The van der Waals surface area contributed by atoms with Crippen LogP contribution in [0.25, 0.3) is 0 Å². The third-order valence-electron chi connectivity index (χ3n) is 3.45. The van der Waals surface area contributed by atoms with Gasteiger partial charge in [0.1, 0.15) is 0 Å². The van der Waals surface area contributed by atoms with Gasteiger partial charge in [-0.25, -0.2) is 0 Å². The Morgan fingerprint density at radius 1 is 1.07 bits per heavy atom. The second kappa shape index (κ2) is 3.83. The molecular weight excluding hydrogens is 196 g/mol. The first-order chi connectivity index (χ1) is 6.74.